The number of halogens is 2. The fourth-order valence-corrected chi connectivity index (χ4v) is 4.97. The molecule has 0 unspecified atom stereocenters. The molecule has 0 saturated carbocycles. The predicted molar refractivity (Wildman–Crippen MR) is 85.1 cm³/mol. The average molecular weight is 388 g/mol. The number of hydrogen-bond acceptors (Lipinski definition) is 4. The monoisotopic (exact) mass is 387 g/mol. The number of fused-ring (bicyclic) bond motifs is 1. The number of carbonyl (C=O) groups excluding carboxylic acids is 2. The summed E-state index contributed by atoms with van der Waals surface area (Å²) in [6.07, 6.45) is 0. The van der Waals surface area contributed by atoms with E-state index in [9.17, 15) is 14.0 Å². The Morgan fingerprint density at radius 1 is 1.41 bits per heavy atom. The van der Waals surface area contributed by atoms with Crippen molar-refractivity contribution in [2.24, 2.45) is 0 Å². The van der Waals surface area contributed by atoms with Crippen molar-refractivity contribution in [2.45, 2.75) is 41.2 Å². The minimum absolute atomic E-state index is 0.138. The summed E-state index contributed by atoms with van der Waals surface area (Å²) >= 11 is 4.08. The van der Waals surface area contributed by atoms with Crippen LogP contribution in [0.25, 0.3) is 0 Å². The lowest BCUT2D eigenvalue weighted by atomic mass is 9.97. The lowest BCUT2D eigenvalue weighted by Gasteiger charge is -2.44. The highest BCUT2D eigenvalue weighted by molar-refractivity contribution is 9.10. The van der Waals surface area contributed by atoms with Crippen molar-refractivity contribution in [2.75, 3.05) is 0 Å². The number of thioether (sulfide) groups is 1. The van der Waals surface area contributed by atoms with Crippen LogP contribution in [0, 0.1) is 0 Å². The first-order chi connectivity index (χ1) is 10.2. The van der Waals surface area contributed by atoms with Crippen molar-refractivity contribution in [3.8, 4) is 0 Å². The van der Waals surface area contributed by atoms with E-state index in [2.05, 4.69) is 15.9 Å². The lowest BCUT2D eigenvalue weighted by molar-refractivity contribution is -0.170. The number of amides is 1. The third-order valence-corrected chi connectivity index (χ3v) is 6.56. The van der Waals surface area contributed by atoms with Gasteiger partial charge in [-0.15, -0.1) is 11.8 Å². The molecule has 118 valence electrons. The van der Waals surface area contributed by atoms with Gasteiger partial charge in [0.25, 0.3) is 10.5 Å². The lowest BCUT2D eigenvalue weighted by Crippen LogP contribution is -2.68. The van der Waals surface area contributed by atoms with Gasteiger partial charge in [0.05, 0.1) is 0 Å². The Morgan fingerprint density at radius 3 is 2.68 bits per heavy atom. The summed E-state index contributed by atoms with van der Waals surface area (Å²) in [7, 11) is 0. The molecule has 1 aromatic carbocycles. The van der Waals surface area contributed by atoms with Crippen LogP contribution in [0.15, 0.2) is 30.3 Å². The van der Waals surface area contributed by atoms with Gasteiger partial charge >= 0.3 is 5.97 Å². The van der Waals surface area contributed by atoms with Gasteiger partial charge < -0.3 is 9.64 Å². The maximum atomic E-state index is 14.1. The molecule has 0 bridgehead atoms. The number of benzene rings is 1. The zero-order chi connectivity index (χ0) is 16.1. The summed E-state index contributed by atoms with van der Waals surface area (Å²) in [4.78, 5) is 25.6. The first-order valence-electron chi connectivity index (χ1n) is 6.84. The SMILES string of the molecule is CC1(C)S[C@H]2N(C(=O)[C@@]2(F)Br)[C@H]1C(=O)OCc1ccccc1. The second-order valence-electron chi connectivity index (χ2n) is 5.90. The summed E-state index contributed by atoms with van der Waals surface area (Å²) in [5, 5.41) is -0.690. The van der Waals surface area contributed by atoms with Crippen LogP contribution < -0.4 is 0 Å². The molecule has 3 atom stereocenters. The van der Waals surface area contributed by atoms with E-state index < -0.39 is 32.6 Å². The standard InChI is InChI=1S/C15H15BrFNO3S/c1-14(2)10(18-12(20)15(16,17)13(18)22-14)11(19)21-8-9-6-4-3-5-7-9/h3-7,10,13H,8H2,1-2H3/t10-,13+,15-/m0/s1. The Balaban J connectivity index is 1.73. The van der Waals surface area contributed by atoms with Crippen LogP contribution in [-0.4, -0.2) is 37.5 Å². The highest BCUT2D eigenvalue weighted by Gasteiger charge is 2.72. The zero-order valence-corrected chi connectivity index (χ0v) is 14.5. The van der Waals surface area contributed by atoms with Crippen molar-refractivity contribution in [1.29, 1.82) is 0 Å². The summed E-state index contributed by atoms with van der Waals surface area (Å²) in [6, 6.07) is 8.52. The van der Waals surface area contributed by atoms with E-state index in [0.29, 0.717) is 0 Å². The maximum absolute atomic E-state index is 14.1. The molecule has 0 aliphatic carbocycles. The maximum Gasteiger partial charge on any atom is 0.330 e. The molecule has 0 radical (unpaired) electrons. The van der Waals surface area contributed by atoms with Crippen LogP contribution in [0.5, 0.6) is 0 Å². The van der Waals surface area contributed by atoms with Crippen LogP contribution in [0.4, 0.5) is 4.39 Å². The van der Waals surface area contributed by atoms with Gasteiger partial charge in [0.15, 0.2) is 0 Å². The fraction of sp³-hybridized carbons (Fsp3) is 0.467. The Kier molecular flexibility index (Phi) is 3.76. The Bertz CT molecular complexity index is 622. The van der Waals surface area contributed by atoms with Gasteiger partial charge in [-0.05, 0) is 35.3 Å². The molecule has 3 rings (SSSR count). The molecule has 2 aliphatic rings. The highest BCUT2D eigenvalue weighted by Crippen LogP contribution is 2.58. The predicted octanol–water partition coefficient (Wildman–Crippen LogP) is 2.85. The number of rotatable bonds is 3. The molecular weight excluding hydrogens is 373 g/mol. The van der Waals surface area contributed by atoms with E-state index >= 15 is 0 Å². The third kappa shape index (κ3) is 2.34. The van der Waals surface area contributed by atoms with Crippen LogP contribution in [0.1, 0.15) is 19.4 Å². The number of carbonyl (C=O) groups is 2. The highest BCUT2D eigenvalue weighted by atomic mass is 79.9. The second-order valence-corrected chi connectivity index (χ2v) is 8.79. The third-order valence-electron chi connectivity index (χ3n) is 3.88. The van der Waals surface area contributed by atoms with E-state index in [4.69, 9.17) is 4.74 Å². The van der Waals surface area contributed by atoms with Gasteiger partial charge in [0, 0.05) is 4.75 Å². The van der Waals surface area contributed by atoms with Crippen molar-refractivity contribution >= 4 is 39.6 Å². The van der Waals surface area contributed by atoms with Gasteiger partial charge in [-0.25, -0.2) is 9.18 Å². The Hall–Kier alpha value is -1.08. The molecule has 7 heteroatoms. The molecule has 22 heavy (non-hydrogen) atoms. The molecule has 1 aromatic rings. The molecule has 2 fully saturated rings. The van der Waals surface area contributed by atoms with Gasteiger partial charge in [0.1, 0.15) is 18.0 Å². The summed E-state index contributed by atoms with van der Waals surface area (Å²) in [5.74, 6) is -1.21. The molecule has 4 nitrogen and oxygen atoms in total. The van der Waals surface area contributed by atoms with E-state index in [1.165, 1.54) is 16.7 Å². The topological polar surface area (TPSA) is 46.6 Å². The second kappa shape index (κ2) is 5.23. The molecule has 2 heterocycles. The minimum atomic E-state index is -2.08. The van der Waals surface area contributed by atoms with Gasteiger partial charge in [-0.1, -0.05) is 30.3 Å². The summed E-state index contributed by atoms with van der Waals surface area (Å²) < 4.78 is 16.8. The van der Waals surface area contributed by atoms with E-state index in [1.807, 2.05) is 44.2 Å². The normalized spacial score (nSPS) is 32.4. The summed E-state index contributed by atoms with van der Waals surface area (Å²) in [5.41, 5.74) is 0.867. The number of β-lactam (4-membered cyclic amide) rings is 1. The van der Waals surface area contributed by atoms with E-state index in [-0.39, 0.29) is 6.61 Å². The quantitative estimate of drug-likeness (QED) is 0.454. The van der Waals surface area contributed by atoms with E-state index in [0.717, 1.165) is 5.56 Å². The molecule has 1 amide bonds. The van der Waals surface area contributed by atoms with Crippen molar-refractivity contribution in [1.82, 2.24) is 4.90 Å². The molecule has 2 aliphatic heterocycles. The van der Waals surface area contributed by atoms with Gasteiger partial charge in [-0.2, -0.15) is 0 Å². The number of alkyl halides is 2. The van der Waals surface area contributed by atoms with Crippen LogP contribution in [0.3, 0.4) is 0 Å². The number of ether oxygens (including phenoxy) is 1. The smallest absolute Gasteiger partial charge is 0.330 e. The largest absolute Gasteiger partial charge is 0.459 e. The van der Waals surface area contributed by atoms with E-state index in [1.54, 1.807) is 0 Å². The molecule has 0 N–H and O–H groups in total. The molecule has 0 aromatic heterocycles. The fourth-order valence-electron chi connectivity index (χ4n) is 2.77. The van der Waals surface area contributed by atoms with Crippen LogP contribution >= 0.6 is 27.7 Å². The minimum Gasteiger partial charge on any atom is -0.459 e. The first-order valence-corrected chi connectivity index (χ1v) is 8.51. The Morgan fingerprint density at radius 2 is 2.05 bits per heavy atom. The van der Waals surface area contributed by atoms with Crippen molar-refractivity contribution < 1.29 is 18.7 Å². The van der Waals surface area contributed by atoms with Gasteiger partial charge in [0.2, 0.25) is 0 Å². The number of esters is 1. The number of hydrogen-bond donors (Lipinski definition) is 0. The number of nitrogens with zero attached hydrogens (tertiary/aromatic N) is 1. The average Bonchev–Trinajstić information content (AvgIpc) is 2.76. The molecular formula is C15H15BrFNO3S. The van der Waals surface area contributed by atoms with Crippen molar-refractivity contribution in [3.05, 3.63) is 35.9 Å². The van der Waals surface area contributed by atoms with Crippen LogP contribution in [0.2, 0.25) is 0 Å². The van der Waals surface area contributed by atoms with Crippen molar-refractivity contribution in [3.63, 3.8) is 0 Å². The Labute approximate surface area is 140 Å². The van der Waals surface area contributed by atoms with Crippen LogP contribution in [-0.2, 0) is 20.9 Å². The zero-order valence-electron chi connectivity index (χ0n) is 12.1. The van der Waals surface area contributed by atoms with Gasteiger partial charge in [-0.3, -0.25) is 4.79 Å². The first kappa shape index (κ1) is 15.8. The molecule has 0 spiro atoms. The molecule has 2 saturated heterocycles. The summed E-state index contributed by atoms with van der Waals surface area (Å²) in [6.45, 7) is 3.78.